The Hall–Kier alpha value is -1.88. The van der Waals surface area contributed by atoms with Crippen LogP contribution in [0.25, 0.3) is 0 Å². The second-order valence-electron chi connectivity index (χ2n) is 7.07. The van der Waals surface area contributed by atoms with Crippen molar-refractivity contribution in [2.24, 2.45) is 11.3 Å². The highest BCUT2D eigenvalue weighted by Gasteiger charge is 2.52. The highest BCUT2D eigenvalue weighted by atomic mass is 16.5. The molecule has 0 unspecified atom stereocenters. The Morgan fingerprint density at radius 3 is 2.78 bits per heavy atom. The van der Waals surface area contributed by atoms with E-state index in [4.69, 9.17) is 4.74 Å². The van der Waals surface area contributed by atoms with Gasteiger partial charge in [0.25, 0.3) is 0 Å². The third-order valence-electron chi connectivity index (χ3n) is 5.86. The van der Waals surface area contributed by atoms with Gasteiger partial charge in [0.2, 0.25) is 5.91 Å². The topological polar surface area (TPSA) is 75.6 Å². The fourth-order valence-corrected chi connectivity index (χ4v) is 4.49. The highest BCUT2D eigenvalue weighted by Crippen LogP contribution is 2.53. The molecule has 2 aliphatic heterocycles. The maximum Gasteiger partial charge on any atom is 0.335 e. The Labute approximate surface area is 135 Å². The molecule has 3 aliphatic rings. The third-order valence-corrected chi connectivity index (χ3v) is 5.86. The lowest BCUT2D eigenvalue weighted by Crippen LogP contribution is -2.43. The first-order valence-corrected chi connectivity index (χ1v) is 8.32. The summed E-state index contributed by atoms with van der Waals surface area (Å²) in [6, 6.07) is 5.41. The quantitative estimate of drug-likeness (QED) is 0.894. The van der Waals surface area contributed by atoms with Gasteiger partial charge in [-0.1, -0.05) is 6.07 Å². The number of fused-ring (bicyclic) bond motifs is 1. The van der Waals surface area contributed by atoms with E-state index < -0.39 is 5.97 Å². The summed E-state index contributed by atoms with van der Waals surface area (Å²) in [4.78, 5) is 23.8. The van der Waals surface area contributed by atoms with Crippen LogP contribution in [-0.2, 0) is 16.0 Å². The molecule has 2 atom stereocenters. The van der Waals surface area contributed by atoms with Crippen LogP contribution in [-0.4, -0.2) is 36.7 Å². The molecule has 5 nitrogen and oxygen atoms in total. The van der Waals surface area contributed by atoms with Gasteiger partial charge in [-0.25, -0.2) is 4.79 Å². The molecule has 23 heavy (non-hydrogen) atoms. The number of rotatable bonds is 3. The van der Waals surface area contributed by atoms with Crippen LogP contribution in [0.1, 0.15) is 46.7 Å². The van der Waals surface area contributed by atoms with E-state index in [9.17, 15) is 14.7 Å². The molecular weight excluding hydrogens is 294 g/mol. The number of aromatic carboxylic acids is 1. The summed E-state index contributed by atoms with van der Waals surface area (Å²) < 4.78 is 5.31. The Morgan fingerprint density at radius 2 is 2.17 bits per heavy atom. The lowest BCUT2D eigenvalue weighted by molar-refractivity contribution is -0.130. The molecular formula is C18H21NO4. The third kappa shape index (κ3) is 2.26. The van der Waals surface area contributed by atoms with Gasteiger partial charge in [0.1, 0.15) is 0 Å². The minimum atomic E-state index is -0.893. The fourth-order valence-electron chi connectivity index (χ4n) is 4.49. The molecule has 2 heterocycles. The lowest BCUT2D eigenvalue weighted by Gasteiger charge is -2.43. The van der Waals surface area contributed by atoms with Crippen molar-refractivity contribution in [1.29, 1.82) is 0 Å². The number of carboxylic acid groups (broad SMARTS) is 1. The van der Waals surface area contributed by atoms with Crippen LogP contribution in [0.4, 0.5) is 0 Å². The lowest BCUT2D eigenvalue weighted by atomic mass is 9.60. The number of nitrogens with one attached hydrogen (secondary N) is 1. The summed E-state index contributed by atoms with van der Waals surface area (Å²) >= 11 is 0. The van der Waals surface area contributed by atoms with E-state index >= 15 is 0 Å². The fraction of sp³-hybridized carbons (Fsp3) is 0.556. The molecule has 1 aromatic carbocycles. The first-order valence-electron chi connectivity index (χ1n) is 8.32. The van der Waals surface area contributed by atoms with Crippen molar-refractivity contribution >= 4 is 11.9 Å². The van der Waals surface area contributed by atoms with E-state index in [1.807, 2.05) is 6.07 Å². The predicted molar refractivity (Wildman–Crippen MR) is 83.4 cm³/mol. The van der Waals surface area contributed by atoms with Crippen molar-refractivity contribution in [3.63, 3.8) is 0 Å². The second-order valence-corrected chi connectivity index (χ2v) is 7.07. The summed E-state index contributed by atoms with van der Waals surface area (Å²) in [5.41, 5.74) is 2.29. The van der Waals surface area contributed by atoms with Crippen LogP contribution in [0.3, 0.4) is 0 Å². The standard InChI is InChI=1S/C18H21NO4/c20-16(21)13-1-2-14-12(8-13)3-4-18(5-6-19-17(18)22)15(14)7-11-9-23-10-11/h1-2,8,11,15H,3-7,9-10H2,(H,19,22)(H,20,21)/t15-,18+/m0/s1. The molecule has 1 spiro atoms. The minimum absolute atomic E-state index is 0.172. The van der Waals surface area contributed by atoms with Crippen LogP contribution in [0.5, 0.6) is 0 Å². The van der Waals surface area contributed by atoms with E-state index in [2.05, 4.69) is 5.32 Å². The van der Waals surface area contributed by atoms with Crippen LogP contribution >= 0.6 is 0 Å². The Balaban J connectivity index is 1.75. The number of carboxylic acids is 1. The number of amides is 1. The van der Waals surface area contributed by atoms with Crippen LogP contribution in [0, 0.1) is 11.3 Å². The van der Waals surface area contributed by atoms with E-state index in [1.54, 1.807) is 12.1 Å². The molecule has 1 aromatic rings. The van der Waals surface area contributed by atoms with Gasteiger partial charge in [0.15, 0.2) is 0 Å². The Bertz CT molecular complexity index is 667. The van der Waals surface area contributed by atoms with Gasteiger partial charge in [0, 0.05) is 12.5 Å². The maximum absolute atomic E-state index is 12.6. The van der Waals surface area contributed by atoms with E-state index in [0.29, 0.717) is 11.5 Å². The normalized spacial score (nSPS) is 29.9. The van der Waals surface area contributed by atoms with Gasteiger partial charge in [-0.05, 0) is 54.9 Å². The van der Waals surface area contributed by atoms with Crippen molar-refractivity contribution in [2.45, 2.75) is 31.6 Å². The van der Waals surface area contributed by atoms with Crippen molar-refractivity contribution in [1.82, 2.24) is 5.32 Å². The van der Waals surface area contributed by atoms with Gasteiger partial charge < -0.3 is 15.2 Å². The van der Waals surface area contributed by atoms with Crippen LogP contribution in [0.15, 0.2) is 18.2 Å². The zero-order chi connectivity index (χ0) is 16.0. The number of aryl methyl sites for hydroxylation is 1. The van der Waals surface area contributed by atoms with Gasteiger partial charge in [-0.2, -0.15) is 0 Å². The minimum Gasteiger partial charge on any atom is -0.478 e. The molecule has 5 heteroatoms. The zero-order valence-electron chi connectivity index (χ0n) is 13.0. The number of benzene rings is 1. The largest absolute Gasteiger partial charge is 0.478 e. The number of carbonyl (C=O) groups excluding carboxylic acids is 1. The first-order chi connectivity index (χ1) is 11.1. The molecule has 0 aromatic heterocycles. The monoisotopic (exact) mass is 315 g/mol. The number of ether oxygens (including phenoxy) is 1. The van der Waals surface area contributed by atoms with Crippen molar-refractivity contribution < 1.29 is 19.4 Å². The summed E-state index contributed by atoms with van der Waals surface area (Å²) in [6.45, 7) is 2.30. The van der Waals surface area contributed by atoms with Crippen molar-refractivity contribution in [3.8, 4) is 0 Å². The SMILES string of the molecule is O=C(O)c1ccc2c(c1)CC[C@@]1(CCNC1=O)[C@H]2CC1COC1. The van der Waals surface area contributed by atoms with Crippen molar-refractivity contribution in [2.75, 3.05) is 19.8 Å². The summed E-state index contributed by atoms with van der Waals surface area (Å²) in [5.74, 6) is -0.0350. The zero-order valence-corrected chi connectivity index (χ0v) is 13.0. The predicted octanol–water partition coefficient (Wildman–Crippen LogP) is 1.96. The Kier molecular flexibility index (Phi) is 3.41. The molecule has 122 valence electrons. The number of hydrogen-bond donors (Lipinski definition) is 2. The molecule has 1 amide bonds. The molecule has 1 aliphatic carbocycles. The number of carbonyl (C=O) groups is 2. The summed E-state index contributed by atoms with van der Waals surface area (Å²) in [7, 11) is 0. The van der Waals surface area contributed by atoms with E-state index in [-0.39, 0.29) is 17.2 Å². The second kappa shape index (κ2) is 5.34. The van der Waals surface area contributed by atoms with Crippen molar-refractivity contribution in [3.05, 3.63) is 34.9 Å². The first kappa shape index (κ1) is 14.7. The average Bonchev–Trinajstić information content (AvgIpc) is 2.85. The molecule has 4 rings (SSSR count). The van der Waals surface area contributed by atoms with Gasteiger partial charge in [-0.15, -0.1) is 0 Å². The van der Waals surface area contributed by atoms with E-state index in [1.165, 1.54) is 5.56 Å². The molecule has 2 N–H and O–H groups in total. The van der Waals surface area contributed by atoms with Gasteiger partial charge in [-0.3, -0.25) is 4.79 Å². The molecule has 0 saturated carbocycles. The highest BCUT2D eigenvalue weighted by molar-refractivity contribution is 5.89. The Morgan fingerprint density at radius 1 is 1.35 bits per heavy atom. The van der Waals surface area contributed by atoms with Crippen LogP contribution in [0.2, 0.25) is 0 Å². The molecule has 0 radical (unpaired) electrons. The number of hydrogen-bond acceptors (Lipinski definition) is 3. The van der Waals surface area contributed by atoms with Crippen LogP contribution < -0.4 is 5.32 Å². The van der Waals surface area contributed by atoms with E-state index in [0.717, 1.165) is 51.0 Å². The molecule has 2 saturated heterocycles. The van der Waals surface area contributed by atoms with Gasteiger partial charge in [0.05, 0.1) is 24.2 Å². The summed E-state index contributed by atoms with van der Waals surface area (Å²) in [5, 5.41) is 12.2. The molecule has 2 fully saturated rings. The maximum atomic E-state index is 12.6. The smallest absolute Gasteiger partial charge is 0.335 e. The molecule has 0 bridgehead atoms. The average molecular weight is 315 g/mol. The summed E-state index contributed by atoms with van der Waals surface area (Å²) in [6.07, 6.45) is 3.42. The van der Waals surface area contributed by atoms with Gasteiger partial charge >= 0.3 is 5.97 Å².